The van der Waals surface area contributed by atoms with Gasteiger partial charge >= 0.3 is 0 Å². The number of methoxy groups -OCH3 is 1. The number of rotatable bonds is 5. The minimum atomic E-state index is -3.65. The van der Waals surface area contributed by atoms with E-state index in [2.05, 4.69) is 4.72 Å². The fraction of sp³-hybridized carbons (Fsp3) is 0.455. The third kappa shape index (κ3) is 4.81. The highest BCUT2D eigenvalue weighted by Gasteiger charge is 2.25. The topological polar surface area (TPSA) is 81.4 Å². The van der Waals surface area contributed by atoms with Gasteiger partial charge in [-0.15, -0.1) is 12.4 Å². The van der Waals surface area contributed by atoms with E-state index in [1.165, 1.54) is 25.3 Å². The molecule has 3 N–H and O–H groups in total. The molecule has 0 atom stereocenters. The maximum Gasteiger partial charge on any atom is 0.241 e. The molecule has 0 aromatic heterocycles. The first-order valence-corrected chi connectivity index (χ1v) is 7.15. The smallest absolute Gasteiger partial charge is 0.241 e. The van der Waals surface area contributed by atoms with E-state index in [1.54, 1.807) is 13.8 Å². The molecule has 0 unspecified atom stereocenters. The van der Waals surface area contributed by atoms with Crippen LogP contribution in [-0.4, -0.2) is 27.6 Å². The van der Waals surface area contributed by atoms with Crippen molar-refractivity contribution < 1.29 is 13.2 Å². The van der Waals surface area contributed by atoms with Crippen molar-refractivity contribution in [3.63, 3.8) is 0 Å². The van der Waals surface area contributed by atoms with Gasteiger partial charge in [-0.1, -0.05) is 11.6 Å². The van der Waals surface area contributed by atoms with Crippen LogP contribution in [0.15, 0.2) is 23.1 Å². The minimum Gasteiger partial charge on any atom is -0.495 e. The molecule has 0 radical (unpaired) electrons. The van der Waals surface area contributed by atoms with Crippen LogP contribution in [0.4, 0.5) is 0 Å². The Morgan fingerprint density at radius 1 is 1.42 bits per heavy atom. The average Bonchev–Trinajstić information content (AvgIpc) is 2.27. The Kier molecular flexibility index (Phi) is 6.57. The highest BCUT2D eigenvalue weighted by Crippen LogP contribution is 2.27. The van der Waals surface area contributed by atoms with Gasteiger partial charge in [0.1, 0.15) is 5.75 Å². The van der Waals surface area contributed by atoms with Crippen LogP contribution < -0.4 is 15.2 Å². The third-order valence-electron chi connectivity index (χ3n) is 2.35. The molecular weight excluding hydrogens is 311 g/mol. The molecule has 1 rings (SSSR count). The van der Waals surface area contributed by atoms with Gasteiger partial charge < -0.3 is 10.5 Å². The van der Waals surface area contributed by atoms with Crippen molar-refractivity contribution in [1.82, 2.24) is 4.72 Å². The lowest BCUT2D eigenvalue weighted by Crippen LogP contribution is -2.48. The van der Waals surface area contributed by atoms with Crippen LogP contribution in [0.2, 0.25) is 5.02 Å². The summed E-state index contributed by atoms with van der Waals surface area (Å²) in [5, 5.41) is 0.242. The first kappa shape index (κ1) is 18.5. The van der Waals surface area contributed by atoms with E-state index in [1.807, 2.05) is 0 Å². The zero-order valence-corrected chi connectivity index (χ0v) is 13.3. The Labute approximate surface area is 124 Å². The highest BCUT2D eigenvalue weighted by molar-refractivity contribution is 7.89. The molecule has 0 aliphatic rings. The lowest BCUT2D eigenvalue weighted by molar-refractivity contribution is 0.414. The lowest BCUT2D eigenvalue weighted by atomic mass is 10.1. The maximum atomic E-state index is 12.1. The summed E-state index contributed by atoms with van der Waals surface area (Å²) in [5.41, 5.74) is 4.78. The zero-order valence-electron chi connectivity index (χ0n) is 10.9. The summed E-state index contributed by atoms with van der Waals surface area (Å²) in [4.78, 5) is 0.0785. The fourth-order valence-corrected chi connectivity index (χ4v) is 3.05. The number of nitrogens with two attached hydrogens (primary N) is 1. The summed E-state index contributed by atoms with van der Waals surface area (Å²) in [7, 11) is -2.18. The Bertz CT molecular complexity index is 533. The molecule has 0 aliphatic carbocycles. The Hall–Kier alpha value is -0.530. The van der Waals surface area contributed by atoms with Gasteiger partial charge in [0, 0.05) is 12.1 Å². The predicted molar refractivity (Wildman–Crippen MR) is 78.7 cm³/mol. The average molecular weight is 329 g/mol. The molecule has 1 aromatic carbocycles. The van der Waals surface area contributed by atoms with E-state index in [9.17, 15) is 8.42 Å². The largest absolute Gasteiger partial charge is 0.495 e. The van der Waals surface area contributed by atoms with Crippen molar-refractivity contribution in [3.05, 3.63) is 23.2 Å². The molecule has 8 heteroatoms. The Morgan fingerprint density at radius 2 is 2.00 bits per heavy atom. The number of hydrogen-bond donors (Lipinski definition) is 2. The van der Waals surface area contributed by atoms with Gasteiger partial charge in [0.2, 0.25) is 10.0 Å². The van der Waals surface area contributed by atoms with Crippen molar-refractivity contribution in [2.24, 2.45) is 5.73 Å². The van der Waals surface area contributed by atoms with Gasteiger partial charge in [0.25, 0.3) is 0 Å². The van der Waals surface area contributed by atoms with E-state index < -0.39 is 15.6 Å². The van der Waals surface area contributed by atoms with Crippen LogP contribution in [0.1, 0.15) is 13.8 Å². The predicted octanol–water partition coefficient (Wildman–Crippen LogP) is 1.79. The van der Waals surface area contributed by atoms with E-state index in [0.717, 1.165) is 0 Å². The van der Waals surface area contributed by atoms with Gasteiger partial charge in [0.05, 0.1) is 17.0 Å². The minimum absolute atomic E-state index is 0. The monoisotopic (exact) mass is 328 g/mol. The van der Waals surface area contributed by atoms with Crippen molar-refractivity contribution in [1.29, 1.82) is 0 Å². The summed E-state index contributed by atoms with van der Waals surface area (Å²) < 4.78 is 31.7. The SMILES string of the molecule is COc1ccc(S(=O)(=O)NC(C)(C)CN)cc1Cl.Cl. The third-order valence-corrected chi connectivity index (χ3v) is 4.35. The zero-order chi connectivity index (χ0) is 14.0. The summed E-state index contributed by atoms with van der Waals surface area (Å²) in [5.74, 6) is 0.425. The van der Waals surface area contributed by atoms with Gasteiger partial charge in [-0.3, -0.25) is 0 Å². The van der Waals surface area contributed by atoms with Crippen LogP contribution in [0.5, 0.6) is 5.75 Å². The Balaban J connectivity index is 0.00000324. The van der Waals surface area contributed by atoms with Crippen LogP contribution in [0.25, 0.3) is 0 Å². The molecule has 0 spiro atoms. The molecule has 0 saturated carbocycles. The summed E-state index contributed by atoms with van der Waals surface area (Å²) in [6, 6.07) is 4.28. The molecule has 19 heavy (non-hydrogen) atoms. The molecule has 0 fully saturated rings. The van der Waals surface area contributed by atoms with E-state index in [0.29, 0.717) is 5.75 Å². The molecule has 0 heterocycles. The molecule has 0 aliphatic heterocycles. The first-order valence-electron chi connectivity index (χ1n) is 5.29. The molecule has 0 bridgehead atoms. The van der Waals surface area contributed by atoms with Crippen molar-refractivity contribution in [2.75, 3.05) is 13.7 Å². The number of hydrogen-bond acceptors (Lipinski definition) is 4. The molecule has 1 aromatic rings. The number of ether oxygens (including phenoxy) is 1. The van der Waals surface area contributed by atoms with Gasteiger partial charge in [0.15, 0.2) is 0 Å². The fourth-order valence-electron chi connectivity index (χ4n) is 1.28. The van der Waals surface area contributed by atoms with Crippen LogP contribution >= 0.6 is 24.0 Å². The van der Waals surface area contributed by atoms with Crippen LogP contribution in [-0.2, 0) is 10.0 Å². The first-order chi connectivity index (χ1) is 8.22. The number of nitrogens with one attached hydrogen (secondary N) is 1. The van der Waals surface area contributed by atoms with Gasteiger partial charge in [-0.05, 0) is 32.0 Å². The molecular formula is C11H18Cl2N2O3S. The molecule has 110 valence electrons. The molecule has 0 saturated heterocycles. The Morgan fingerprint density at radius 3 is 2.42 bits per heavy atom. The van der Waals surface area contributed by atoms with E-state index in [4.69, 9.17) is 22.1 Å². The highest BCUT2D eigenvalue weighted by atomic mass is 35.5. The quantitative estimate of drug-likeness (QED) is 0.863. The normalized spacial score (nSPS) is 11.8. The summed E-state index contributed by atoms with van der Waals surface area (Å²) >= 11 is 5.90. The summed E-state index contributed by atoms with van der Waals surface area (Å²) in [6.07, 6.45) is 0. The van der Waals surface area contributed by atoms with Crippen LogP contribution in [0, 0.1) is 0 Å². The number of benzene rings is 1. The second kappa shape index (κ2) is 6.76. The van der Waals surface area contributed by atoms with E-state index >= 15 is 0 Å². The molecule has 0 amide bonds. The standard InChI is InChI=1S/C11H17ClN2O3S.ClH/c1-11(2,7-13)14-18(15,16)8-4-5-10(17-3)9(12)6-8;/h4-6,14H,7,13H2,1-3H3;1H. The molecule has 5 nitrogen and oxygen atoms in total. The number of halogens is 2. The van der Waals surface area contributed by atoms with E-state index in [-0.39, 0.29) is 28.9 Å². The number of sulfonamides is 1. The second-order valence-electron chi connectivity index (χ2n) is 4.49. The van der Waals surface area contributed by atoms with Gasteiger partial charge in [-0.2, -0.15) is 0 Å². The second-order valence-corrected chi connectivity index (χ2v) is 6.58. The van der Waals surface area contributed by atoms with Crippen molar-refractivity contribution in [3.8, 4) is 5.75 Å². The summed E-state index contributed by atoms with van der Waals surface area (Å²) in [6.45, 7) is 3.60. The maximum absolute atomic E-state index is 12.1. The lowest BCUT2D eigenvalue weighted by Gasteiger charge is -2.24. The van der Waals surface area contributed by atoms with Crippen LogP contribution in [0.3, 0.4) is 0 Å². The van der Waals surface area contributed by atoms with Gasteiger partial charge in [-0.25, -0.2) is 13.1 Å². The van der Waals surface area contributed by atoms with Crippen molar-refractivity contribution in [2.45, 2.75) is 24.3 Å². The van der Waals surface area contributed by atoms with Crippen molar-refractivity contribution >= 4 is 34.0 Å².